The van der Waals surface area contributed by atoms with Crippen molar-refractivity contribution in [3.63, 3.8) is 0 Å². The van der Waals surface area contributed by atoms with Crippen LogP contribution in [0.25, 0.3) is 6.08 Å². The molecule has 0 aliphatic carbocycles. The number of urea groups is 1. The van der Waals surface area contributed by atoms with E-state index in [1.165, 1.54) is 26.4 Å². The normalized spacial score (nSPS) is 14.6. The maximum absolute atomic E-state index is 13.1. The number of barbiturate groups is 1. The number of hydrogen-bond donors (Lipinski definition) is 1. The number of nitrogens with one attached hydrogen (secondary N) is 1. The number of anilines is 1. The molecule has 36 heavy (non-hydrogen) atoms. The van der Waals surface area contributed by atoms with E-state index >= 15 is 0 Å². The van der Waals surface area contributed by atoms with Gasteiger partial charge < -0.3 is 18.6 Å². The second-order valence-electron chi connectivity index (χ2n) is 7.39. The van der Waals surface area contributed by atoms with Gasteiger partial charge in [-0.1, -0.05) is 28.1 Å². The fourth-order valence-corrected chi connectivity index (χ4v) is 3.77. The highest BCUT2D eigenvalue weighted by Crippen LogP contribution is 2.31. The number of nitrogens with zero attached hydrogens (tertiary/aromatic N) is 1. The van der Waals surface area contributed by atoms with Crippen LogP contribution < -0.4 is 19.7 Å². The Labute approximate surface area is 213 Å². The maximum atomic E-state index is 13.1. The van der Waals surface area contributed by atoms with E-state index in [0.717, 1.165) is 4.90 Å². The lowest BCUT2D eigenvalue weighted by Crippen LogP contribution is -2.54. The van der Waals surface area contributed by atoms with Crippen LogP contribution in [0.15, 0.2) is 69.1 Å². The molecule has 0 atom stereocenters. The lowest BCUT2D eigenvalue weighted by Gasteiger charge is -2.26. The zero-order valence-corrected chi connectivity index (χ0v) is 20.7. The van der Waals surface area contributed by atoms with Gasteiger partial charge in [-0.3, -0.25) is 14.9 Å². The molecule has 11 heteroatoms. The Bertz CT molecular complexity index is 1390. The first-order chi connectivity index (χ1) is 17.3. The van der Waals surface area contributed by atoms with Crippen LogP contribution >= 0.6 is 15.9 Å². The first-order valence-corrected chi connectivity index (χ1v) is 11.2. The maximum Gasteiger partial charge on any atom is 0.373 e. The van der Waals surface area contributed by atoms with Crippen LogP contribution in [0, 0.1) is 0 Å². The third-order valence-corrected chi connectivity index (χ3v) is 5.58. The van der Waals surface area contributed by atoms with Crippen molar-refractivity contribution < 1.29 is 37.8 Å². The summed E-state index contributed by atoms with van der Waals surface area (Å²) in [6.45, 7) is 0.0123. The Morgan fingerprint density at radius 3 is 2.58 bits per heavy atom. The van der Waals surface area contributed by atoms with Crippen molar-refractivity contribution in [2.24, 2.45) is 0 Å². The summed E-state index contributed by atoms with van der Waals surface area (Å²) < 4.78 is 21.8. The number of methoxy groups -OCH3 is 2. The Morgan fingerprint density at radius 1 is 1.06 bits per heavy atom. The van der Waals surface area contributed by atoms with Crippen LogP contribution in [0.4, 0.5) is 10.5 Å². The standard InChI is InChI=1S/C25H19BrN2O8/c1-33-21-11-14(6-8-19(21)35-13-17-7-9-20(36-17)24(31)34-2)10-18-22(29)27-25(32)28(23(18)30)16-5-3-4-15(26)12-16/h3-12H,13H2,1-2H3,(H,27,29,32)/b18-10-. The summed E-state index contributed by atoms with van der Waals surface area (Å²) in [5.74, 6) is -1.04. The molecule has 1 aliphatic rings. The lowest BCUT2D eigenvalue weighted by atomic mass is 10.1. The zero-order chi connectivity index (χ0) is 25.8. The van der Waals surface area contributed by atoms with E-state index in [-0.39, 0.29) is 17.9 Å². The Balaban J connectivity index is 1.56. The van der Waals surface area contributed by atoms with Crippen molar-refractivity contribution >= 4 is 51.5 Å². The van der Waals surface area contributed by atoms with Gasteiger partial charge in [0.2, 0.25) is 5.76 Å². The molecule has 3 aromatic rings. The molecule has 0 saturated carbocycles. The van der Waals surface area contributed by atoms with E-state index in [1.54, 1.807) is 48.5 Å². The van der Waals surface area contributed by atoms with Crippen LogP contribution in [0.3, 0.4) is 0 Å². The highest BCUT2D eigenvalue weighted by atomic mass is 79.9. The molecule has 0 spiro atoms. The van der Waals surface area contributed by atoms with E-state index in [2.05, 4.69) is 26.0 Å². The monoisotopic (exact) mass is 554 g/mol. The Morgan fingerprint density at radius 2 is 1.86 bits per heavy atom. The van der Waals surface area contributed by atoms with Crippen molar-refractivity contribution in [3.8, 4) is 11.5 Å². The molecule has 1 saturated heterocycles. The summed E-state index contributed by atoms with van der Waals surface area (Å²) in [4.78, 5) is 50.3. The summed E-state index contributed by atoms with van der Waals surface area (Å²) in [7, 11) is 2.69. The van der Waals surface area contributed by atoms with E-state index in [1.807, 2.05) is 0 Å². The van der Waals surface area contributed by atoms with Crippen molar-refractivity contribution in [1.29, 1.82) is 0 Å². The minimum absolute atomic E-state index is 0.0123. The van der Waals surface area contributed by atoms with Crippen LogP contribution in [0.5, 0.6) is 11.5 Å². The van der Waals surface area contributed by atoms with Gasteiger partial charge in [0.05, 0.1) is 19.9 Å². The summed E-state index contributed by atoms with van der Waals surface area (Å²) in [6, 6.07) is 13.6. The SMILES string of the molecule is COC(=O)c1ccc(COc2ccc(/C=C3/C(=O)NC(=O)N(c4cccc(Br)c4)C3=O)cc2OC)o1. The minimum atomic E-state index is -0.838. The molecule has 1 aliphatic heterocycles. The average Bonchev–Trinajstić information content (AvgIpc) is 3.34. The second-order valence-corrected chi connectivity index (χ2v) is 8.31. The summed E-state index contributed by atoms with van der Waals surface area (Å²) in [5, 5.41) is 2.18. The van der Waals surface area contributed by atoms with Crippen LogP contribution in [-0.4, -0.2) is 38.0 Å². The van der Waals surface area contributed by atoms with E-state index in [9.17, 15) is 19.2 Å². The number of ether oxygens (including phenoxy) is 3. The van der Waals surface area contributed by atoms with Gasteiger partial charge in [-0.15, -0.1) is 0 Å². The zero-order valence-electron chi connectivity index (χ0n) is 19.1. The van der Waals surface area contributed by atoms with Gasteiger partial charge >= 0.3 is 12.0 Å². The second kappa shape index (κ2) is 10.5. The number of hydrogen-bond acceptors (Lipinski definition) is 8. The fourth-order valence-electron chi connectivity index (χ4n) is 3.38. The van der Waals surface area contributed by atoms with E-state index in [4.69, 9.17) is 13.9 Å². The third-order valence-electron chi connectivity index (χ3n) is 5.08. The number of benzene rings is 2. The lowest BCUT2D eigenvalue weighted by molar-refractivity contribution is -0.122. The van der Waals surface area contributed by atoms with Gasteiger partial charge in [0.25, 0.3) is 11.8 Å². The van der Waals surface area contributed by atoms with E-state index in [0.29, 0.717) is 33.0 Å². The molecule has 2 heterocycles. The molecule has 0 unspecified atom stereocenters. The number of imide groups is 2. The fraction of sp³-hybridized carbons (Fsp3) is 0.120. The molecule has 0 radical (unpaired) electrons. The topological polar surface area (TPSA) is 124 Å². The number of carbonyl (C=O) groups excluding carboxylic acids is 4. The first kappa shape index (κ1) is 24.7. The van der Waals surface area contributed by atoms with Gasteiger partial charge in [-0.05, 0) is 54.1 Å². The largest absolute Gasteiger partial charge is 0.493 e. The number of halogens is 1. The molecule has 2 aromatic carbocycles. The van der Waals surface area contributed by atoms with Crippen molar-refractivity contribution in [3.05, 3.63) is 81.7 Å². The van der Waals surface area contributed by atoms with Gasteiger partial charge in [0.1, 0.15) is 17.9 Å². The predicted molar refractivity (Wildman–Crippen MR) is 131 cm³/mol. The smallest absolute Gasteiger partial charge is 0.373 e. The Kier molecular flexibility index (Phi) is 7.20. The average molecular weight is 555 g/mol. The highest BCUT2D eigenvalue weighted by Gasteiger charge is 2.36. The van der Waals surface area contributed by atoms with Crippen molar-refractivity contribution in [1.82, 2.24) is 5.32 Å². The number of furan rings is 1. The van der Waals surface area contributed by atoms with Gasteiger partial charge in [-0.2, -0.15) is 0 Å². The molecule has 1 N–H and O–H groups in total. The van der Waals surface area contributed by atoms with Gasteiger partial charge in [0.15, 0.2) is 11.5 Å². The first-order valence-electron chi connectivity index (χ1n) is 10.5. The highest BCUT2D eigenvalue weighted by molar-refractivity contribution is 9.10. The molecule has 0 bridgehead atoms. The van der Waals surface area contributed by atoms with Crippen molar-refractivity contribution in [2.45, 2.75) is 6.61 Å². The van der Waals surface area contributed by atoms with Crippen LogP contribution in [-0.2, 0) is 20.9 Å². The molecule has 10 nitrogen and oxygen atoms in total. The molecule has 4 rings (SSSR count). The summed E-state index contributed by atoms with van der Waals surface area (Å²) >= 11 is 3.31. The number of amides is 4. The molecular formula is C25H19BrN2O8. The molecule has 4 amide bonds. The molecular weight excluding hydrogens is 536 g/mol. The molecule has 184 valence electrons. The van der Waals surface area contributed by atoms with Crippen LogP contribution in [0.1, 0.15) is 21.9 Å². The van der Waals surface area contributed by atoms with Gasteiger partial charge in [0, 0.05) is 4.47 Å². The molecule has 1 aromatic heterocycles. The van der Waals surface area contributed by atoms with E-state index < -0.39 is 23.8 Å². The predicted octanol–water partition coefficient (Wildman–Crippen LogP) is 4.08. The number of esters is 1. The summed E-state index contributed by atoms with van der Waals surface area (Å²) in [6.07, 6.45) is 1.36. The van der Waals surface area contributed by atoms with Crippen molar-refractivity contribution in [2.75, 3.05) is 19.1 Å². The Hall–Kier alpha value is -4.38. The van der Waals surface area contributed by atoms with Crippen LogP contribution in [0.2, 0.25) is 0 Å². The minimum Gasteiger partial charge on any atom is -0.493 e. The van der Waals surface area contributed by atoms with Gasteiger partial charge in [-0.25, -0.2) is 14.5 Å². The number of carbonyl (C=O) groups is 4. The third kappa shape index (κ3) is 5.15. The quantitative estimate of drug-likeness (QED) is 0.263. The summed E-state index contributed by atoms with van der Waals surface area (Å²) in [5.41, 5.74) is 0.545. The molecule has 1 fully saturated rings. The number of rotatable bonds is 7.